The number of benzene rings is 1. The van der Waals surface area contributed by atoms with Gasteiger partial charge in [0, 0.05) is 0 Å². The number of alkyl halides is 3. The first-order valence-electron chi connectivity index (χ1n) is 7.03. The van der Waals surface area contributed by atoms with E-state index >= 15 is 0 Å². The van der Waals surface area contributed by atoms with E-state index in [4.69, 9.17) is 11.7 Å². The lowest BCUT2D eigenvalue weighted by atomic mass is 9.80. The van der Waals surface area contributed by atoms with Gasteiger partial charge in [0.05, 0.1) is 17.5 Å². The average Bonchev–Trinajstić information content (AvgIpc) is 2.46. The van der Waals surface area contributed by atoms with E-state index in [0.29, 0.717) is 5.56 Å². The lowest BCUT2D eigenvalue weighted by molar-refractivity contribution is -0.274. The Labute approximate surface area is 138 Å². The number of carbonyl (C=O) groups is 1. The van der Waals surface area contributed by atoms with E-state index in [1.54, 1.807) is 20.8 Å². The van der Waals surface area contributed by atoms with Crippen LogP contribution in [0.25, 0.3) is 0 Å². The van der Waals surface area contributed by atoms with Crippen molar-refractivity contribution >= 4 is 5.91 Å². The minimum Gasteiger partial charge on any atom is -0.406 e. The highest BCUT2D eigenvalue weighted by atomic mass is 19.4. The summed E-state index contributed by atoms with van der Waals surface area (Å²) >= 11 is 0. The van der Waals surface area contributed by atoms with Crippen LogP contribution in [0.5, 0.6) is 5.75 Å². The van der Waals surface area contributed by atoms with Crippen LogP contribution in [0.15, 0.2) is 24.3 Å². The van der Waals surface area contributed by atoms with Crippen LogP contribution >= 0.6 is 0 Å². The number of nitrogens with zero attached hydrogens (tertiary/aromatic N) is 1. The lowest BCUT2D eigenvalue weighted by Gasteiger charge is -2.25. The number of carbonyl (C=O) groups excluding carboxylic acids is 1. The number of rotatable bonds is 5. The van der Waals surface area contributed by atoms with Crippen LogP contribution < -0.4 is 10.1 Å². The molecule has 4 nitrogen and oxygen atoms in total. The number of amides is 1. The summed E-state index contributed by atoms with van der Waals surface area (Å²) in [7, 11) is 0. The maximum absolute atomic E-state index is 12.2. The Kier molecular flexibility index (Phi) is 5.87. The first-order chi connectivity index (χ1) is 11.0. The van der Waals surface area contributed by atoms with Crippen LogP contribution in [0.3, 0.4) is 0 Å². The van der Waals surface area contributed by atoms with Crippen molar-refractivity contribution in [1.82, 2.24) is 5.32 Å². The molecule has 1 N–H and O–H groups in total. The maximum Gasteiger partial charge on any atom is 0.573 e. The number of nitriles is 1. The Morgan fingerprint density at radius 2 is 1.83 bits per heavy atom. The number of terminal acetylenes is 1. The van der Waals surface area contributed by atoms with Gasteiger partial charge in [-0.1, -0.05) is 18.1 Å². The molecule has 0 heterocycles. The van der Waals surface area contributed by atoms with E-state index < -0.39 is 29.6 Å². The highest BCUT2D eigenvalue weighted by Crippen LogP contribution is 2.27. The Hall–Kier alpha value is -2.67. The fourth-order valence-electron chi connectivity index (χ4n) is 1.97. The van der Waals surface area contributed by atoms with E-state index in [9.17, 15) is 18.0 Å². The molecule has 1 rings (SSSR count). The van der Waals surface area contributed by atoms with Gasteiger partial charge in [0.25, 0.3) is 0 Å². The predicted molar refractivity (Wildman–Crippen MR) is 81.4 cm³/mol. The third kappa shape index (κ3) is 5.20. The molecule has 0 radical (unpaired) electrons. The van der Waals surface area contributed by atoms with Gasteiger partial charge in [-0.05, 0) is 38.5 Å². The molecule has 0 aliphatic carbocycles. The zero-order valence-corrected chi connectivity index (χ0v) is 13.4. The molecule has 0 bridgehead atoms. The monoisotopic (exact) mass is 338 g/mol. The standard InChI is InChI=1S/C17H17F3N2O2/c1-5-16(3,4)14(10-21)15(23)22-11(2)12-6-8-13(9-7-12)24-17(18,19)20/h1,6-9,11,14H,2-4H3,(H,22,23). The van der Waals surface area contributed by atoms with Crippen LogP contribution in [0.1, 0.15) is 32.4 Å². The van der Waals surface area contributed by atoms with Gasteiger partial charge in [-0.2, -0.15) is 5.26 Å². The van der Waals surface area contributed by atoms with Crippen LogP contribution in [-0.4, -0.2) is 12.3 Å². The van der Waals surface area contributed by atoms with Gasteiger partial charge in [-0.3, -0.25) is 4.79 Å². The van der Waals surface area contributed by atoms with Crippen molar-refractivity contribution in [3.05, 3.63) is 29.8 Å². The van der Waals surface area contributed by atoms with Crippen molar-refractivity contribution in [2.75, 3.05) is 0 Å². The average molecular weight is 338 g/mol. The maximum atomic E-state index is 12.2. The van der Waals surface area contributed by atoms with Crippen LogP contribution in [0, 0.1) is 35.0 Å². The summed E-state index contributed by atoms with van der Waals surface area (Å²) in [6.45, 7) is 4.86. The molecule has 2 atom stereocenters. The summed E-state index contributed by atoms with van der Waals surface area (Å²) < 4.78 is 40.1. The molecule has 1 aromatic rings. The number of ether oxygens (including phenoxy) is 1. The van der Waals surface area contributed by atoms with Gasteiger partial charge >= 0.3 is 6.36 Å². The molecule has 1 aromatic carbocycles. The molecule has 0 saturated heterocycles. The summed E-state index contributed by atoms with van der Waals surface area (Å²) in [5, 5.41) is 11.8. The van der Waals surface area contributed by atoms with Crippen molar-refractivity contribution in [3.8, 4) is 24.2 Å². The second-order valence-corrected chi connectivity index (χ2v) is 5.78. The Morgan fingerprint density at radius 1 is 1.29 bits per heavy atom. The van der Waals surface area contributed by atoms with E-state index in [0.717, 1.165) is 12.1 Å². The summed E-state index contributed by atoms with van der Waals surface area (Å²) in [6, 6.07) is 6.48. The molecular weight excluding hydrogens is 321 g/mol. The number of nitrogens with one attached hydrogen (secondary N) is 1. The SMILES string of the molecule is C#CC(C)(C)C(C#N)C(=O)NC(C)c1ccc(OC(F)(F)F)cc1. The van der Waals surface area contributed by atoms with Gasteiger partial charge in [-0.25, -0.2) is 0 Å². The Balaban J connectivity index is 2.81. The third-order valence-corrected chi connectivity index (χ3v) is 3.46. The molecule has 0 aliphatic rings. The smallest absolute Gasteiger partial charge is 0.406 e. The van der Waals surface area contributed by atoms with Crippen molar-refractivity contribution < 1.29 is 22.7 Å². The lowest BCUT2D eigenvalue weighted by Crippen LogP contribution is -2.39. The molecular formula is C17H17F3N2O2. The summed E-state index contributed by atoms with van der Waals surface area (Å²) in [6.07, 6.45) is 0.581. The van der Waals surface area contributed by atoms with Gasteiger partial charge in [0.2, 0.25) is 5.91 Å². The van der Waals surface area contributed by atoms with E-state index in [1.807, 2.05) is 6.07 Å². The minimum atomic E-state index is -4.76. The fourth-order valence-corrected chi connectivity index (χ4v) is 1.97. The summed E-state index contributed by atoms with van der Waals surface area (Å²) in [4.78, 5) is 12.2. The van der Waals surface area contributed by atoms with Gasteiger partial charge < -0.3 is 10.1 Å². The Morgan fingerprint density at radius 3 is 2.25 bits per heavy atom. The van der Waals surface area contributed by atoms with Crippen molar-refractivity contribution in [2.45, 2.75) is 33.2 Å². The number of halogens is 3. The molecule has 2 unspecified atom stereocenters. The van der Waals surface area contributed by atoms with Crippen LogP contribution in [-0.2, 0) is 4.79 Å². The highest BCUT2D eigenvalue weighted by Gasteiger charge is 2.34. The largest absolute Gasteiger partial charge is 0.573 e. The summed E-state index contributed by atoms with van der Waals surface area (Å²) in [5.41, 5.74) is -0.378. The third-order valence-electron chi connectivity index (χ3n) is 3.46. The molecule has 0 fully saturated rings. The molecule has 0 aliphatic heterocycles. The topological polar surface area (TPSA) is 62.1 Å². The van der Waals surface area contributed by atoms with E-state index in [-0.39, 0.29) is 5.75 Å². The highest BCUT2D eigenvalue weighted by molar-refractivity contribution is 5.82. The van der Waals surface area contributed by atoms with Crippen LogP contribution in [0.2, 0.25) is 0 Å². The second kappa shape index (κ2) is 7.27. The quantitative estimate of drug-likeness (QED) is 0.835. The summed E-state index contributed by atoms with van der Waals surface area (Å²) in [5.74, 6) is 0.473. The van der Waals surface area contributed by atoms with E-state index in [2.05, 4.69) is 16.0 Å². The first-order valence-corrected chi connectivity index (χ1v) is 7.03. The molecule has 128 valence electrons. The fraction of sp³-hybridized carbons (Fsp3) is 0.412. The van der Waals surface area contributed by atoms with Gasteiger partial charge in [0.1, 0.15) is 11.7 Å². The second-order valence-electron chi connectivity index (χ2n) is 5.78. The molecule has 0 aromatic heterocycles. The first kappa shape index (κ1) is 19.4. The minimum absolute atomic E-state index is 0.354. The van der Waals surface area contributed by atoms with Gasteiger partial charge in [0.15, 0.2) is 0 Å². The zero-order valence-electron chi connectivity index (χ0n) is 13.4. The molecule has 0 spiro atoms. The van der Waals surface area contributed by atoms with Gasteiger partial charge in [-0.15, -0.1) is 19.6 Å². The van der Waals surface area contributed by atoms with Crippen molar-refractivity contribution in [1.29, 1.82) is 5.26 Å². The normalized spacial score (nSPS) is 14.0. The zero-order chi connectivity index (χ0) is 18.5. The number of hydrogen-bond donors (Lipinski definition) is 1. The molecule has 7 heteroatoms. The molecule has 0 saturated carbocycles. The van der Waals surface area contributed by atoms with E-state index in [1.165, 1.54) is 12.1 Å². The molecule has 1 amide bonds. The predicted octanol–water partition coefficient (Wildman–Crippen LogP) is 3.56. The van der Waals surface area contributed by atoms with Crippen molar-refractivity contribution in [2.24, 2.45) is 11.3 Å². The van der Waals surface area contributed by atoms with Crippen LogP contribution in [0.4, 0.5) is 13.2 Å². The number of hydrogen-bond acceptors (Lipinski definition) is 3. The van der Waals surface area contributed by atoms with Crippen molar-refractivity contribution in [3.63, 3.8) is 0 Å². The Bertz CT molecular complexity index is 667. The molecule has 24 heavy (non-hydrogen) atoms.